The Morgan fingerprint density at radius 1 is 0.483 bits per heavy atom. The Kier molecular flexibility index (Phi) is 11.3. The molecule has 0 aromatic rings. The van der Waals surface area contributed by atoms with Crippen molar-refractivity contribution in [3.8, 4) is 0 Å². The summed E-state index contributed by atoms with van der Waals surface area (Å²) in [6, 6.07) is 2.87. The van der Waals surface area contributed by atoms with Gasteiger partial charge in [0.1, 0.15) is 0 Å². The molecule has 0 aromatic carbocycles. The minimum Gasteiger partial charge on any atom is -0.330 e. The van der Waals surface area contributed by atoms with Gasteiger partial charge in [0, 0.05) is 0 Å². The van der Waals surface area contributed by atoms with E-state index in [-0.39, 0.29) is 0 Å². The van der Waals surface area contributed by atoms with E-state index in [1.807, 2.05) is 80.1 Å². The van der Waals surface area contributed by atoms with Crippen LogP contribution >= 0.6 is 15.6 Å². The number of phosphoric acid groups is 2. The zero-order chi connectivity index (χ0) is 23.4. The van der Waals surface area contributed by atoms with Crippen LogP contribution in [0, 0.1) is 0 Å². The zero-order valence-electron chi connectivity index (χ0n) is 20.6. The van der Waals surface area contributed by atoms with Gasteiger partial charge in [0.05, 0.1) is 0 Å². The predicted octanol–water partition coefficient (Wildman–Crippen LogP) is 8.19. The van der Waals surface area contributed by atoms with Crippen molar-refractivity contribution in [2.75, 3.05) is 0 Å². The lowest BCUT2D eigenvalue weighted by Gasteiger charge is -2.37. The molecule has 29 heavy (non-hydrogen) atoms. The molecule has 0 aliphatic rings. The molecule has 0 aromatic heterocycles. The van der Waals surface area contributed by atoms with E-state index in [0.717, 1.165) is 0 Å². The van der Waals surface area contributed by atoms with Crippen LogP contribution in [0.5, 0.6) is 0 Å². The second-order valence-corrected chi connectivity index (χ2v) is 32.1. The summed E-state index contributed by atoms with van der Waals surface area (Å²) in [7, 11) is -17.7. The van der Waals surface area contributed by atoms with Gasteiger partial charge in [0.25, 0.3) is 0 Å². The fourth-order valence-electron chi connectivity index (χ4n) is 1.70. The Labute approximate surface area is 183 Å². The Hall–Kier alpha value is 1.13. The van der Waals surface area contributed by atoms with Gasteiger partial charge in [-0.25, -0.2) is 9.13 Å². The minimum atomic E-state index is -4.16. The van der Waals surface area contributed by atoms with Crippen molar-refractivity contribution in [1.29, 1.82) is 0 Å². The van der Waals surface area contributed by atoms with Gasteiger partial charge in [-0.3, -0.25) is 0 Å². The van der Waals surface area contributed by atoms with E-state index in [9.17, 15) is 9.13 Å². The molecule has 0 unspecified atom stereocenters. The van der Waals surface area contributed by atoms with Gasteiger partial charge < -0.3 is 16.9 Å². The molecule has 0 heterocycles. The van der Waals surface area contributed by atoms with Crippen LogP contribution in [0.15, 0.2) is 0 Å². The normalized spacial score (nSPS) is 15.0. The average molecular weight is 523 g/mol. The van der Waals surface area contributed by atoms with Gasteiger partial charge in [-0.1, -0.05) is 27.7 Å². The number of hydrogen-bond acceptors (Lipinski definition) is 7. The van der Waals surface area contributed by atoms with E-state index in [1.165, 1.54) is 0 Å². The van der Waals surface area contributed by atoms with Crippen LogP contribution in [0.2, 0.25) is 76.6 Å². The lowest BCUT2D eigenvalue weighted by atomic mass is 11.0. The Balaban J connectivity index is 6.21. The molecule has 0 spiro atoms. The molecule has 0 atom stereocenters. The third kappa shape index (κ3) is 11.5. The maximum absolute atomic E-state index is 13.8. The first-order valence-electron chi connectivity index (χ1n) is 10.5. The second-order valence-electron chi connectivity index (χ2n) is 9.79. The predicted molar refractivity (Wildman–Crippen MR) is 132 cm³/mol. The van der Waals surface area contributed by atoms with Crippen LogP contribution in [-0.2, 0) is 30.3 Å². The van der Waals surface area contributed by atoms with Gasteiger partial charge in [-0.2, -0.15) is 4.31 Å². The summed E-state index contributed by atoms with van der Waals surface area (Å²) < 4.78 is 57.3. The molecule has 0 fully saturated rings. The third-order valence-electron chi connectivity index (χ3n) is 5.04. The highest BCUT2D eigenvalue weighted by Gasteiger charge is 2.50. The zero-order valence-corrected chi connectivity index (χ0v) is 26.4. The van der Waals surface area contributed by atoms with Crippen molar-refractivity contribution in [3.63, 3.8) is 0 Å². The van der Waals surface area contributed by atoms with Crippen molar-refractivity contribution < 1.29 is 30.3 Å². The lowest BCUT2D eigenvalue weighted by molar-refractivity contribution is 0.236. The van der Waals surface area contributed by atoms with E-state index in [2.05, 4.69) is 0 Å². The topological polar surface area (TPSA) is 80.3 Å². The molecule has 176 valence electrons. The van der Waals surface area contributed by atoms with E-state index < -0.39 is 48.9 Å². The van der Waals surface area contributed by atoms with Crippen molar-refractivity contribution in [2.24, 2.45) is 0 Å². The summed E-state index contributed by atoms with van der Waals surface area (Å²) in [6.45, 7) is 23.4. The van der Waals surface area contributed by atoms with E-state index in [1.54, 1.807) is 0 Å². The lowest BCUT2D eigenvalue weighted by Crippen LogP contribution is -2.36. The van der Waals surface area contributed by atoms with Gasteiger partial charge in [0.15, 0.2) is 0 Å². The van der Waals surface area contributed by atoms with Crippen LogP contribution in [0.1, 0.15) is 27.7 Å². The second kappa shape index (κ2) is 10.8. The molecule has 0 radical (unpaired) electrons. The number of rotatable bonds is 14. The van der Waals surface area contributed by atoms with Crippen molar-refractivity contribution in [1.82, 2.24) is 0 Å². The van der Waals surface area contributed by atoms with Crippen molar-refractivity contribution >= 4 is 48.9 Å². The van der Waals surface area contributed by atoms with E-state index in [0.29, 0.717) is 24.2 Å². The van der Waals surface area contributed by atoms with E-state index >= 15 is 0 Å². The number of hydrogen-bond donors (Lipinski definition) is 0. The molecule has 0 aliphatic heterocycles. The molecule has 0 rings (SSSR count). The summed E-state index contributed by atoms with van der Waals surface area (Å²) >= 11 is 0. The quantitative estimate of drug-likeness (QED) is 0.168. The molecule has 7 nitrogen and oxygen atoms in total. The fourth-order valence-corrected chi connectivity index (χ4v) is 17.1. The van der Waals surface area contributed by atoms with Crippen LogP contribution in [0.3, 0.4) is 0 Å². The molecule has 0 amide bonds. The molecule has 13 heteroatoms. The summed E-state index contributed by atoms with van der Waals surface area (Å²) in [5.41, 5.74) is 0. The molecule has 0 bridgehead atoms. The molecular weight excluding hydrogens is 478 g/mol. The minimum absolute atomic E-state index is 0.717. The summed E-state index contributed by atoms with van der Waals surface area (Å²) in [5, 5.41) is 0. The standard InChI is InChI=1S/C16H44O7P2Si4/c1-13-26(5,6)20-24(17,21-27(7,8)14-2)19-25(18,22-28(9,10)15-3)23-29(11,12)16-4/h13-16H2,1-12H3. The highest BCUT2D eigenvalue weighted by Crippen LogP contribution is 2.69. The van der Waals surface area contributed by atoms with Gasteiger partial charge in [0.2, 0.25) is 33.3 Å². The van der Waals surface area contributed by atoms with Gasteiger partial charge >= 0.3 is 15.6 Å². The van der Waals surface area contributed by atoms with Crippen LogP contribution in [0.4, 0.5) is 0 Å². The highest BCUT2D eigenvalue weighted by atomic mass is 31.3. The average Bonchev–Trinajstić information content (AvgIpc) is 2.51. The third-order valence-corrected chi connectivity index (χ3v) is 24.9. The Morgan fingerprint density at radius 2 is 0.655 bits per heavy atom. The molecule has 0 saturated carbocycles. The molecule has 0 aliphatic carbocycles. The van der Waals surface area contributed by atoms with Crippen molar-refractivity contribution in [3.05, 3.63) is 0 Å². The van der Waals surface area contributed by atoms with Crippen LogP contribution in [-0.4, -0.2) is 33.3 Å². The Bertz CT molecular complexity index is 530. The summed E-state index contributed by atoms with van der Waals surface area (Å²) in [4.78, 5) is 0. The Morgan fingerprint density at radius 3 is 0.793 bits per heavy atom. The monoisotopic (exact) mass is 522 g/mol. The first-order chi connectivity index (χ1) is 12.8. The van der Waals surface area contributed by atoms with Crippen molar-refractivity contribution in [2.45, 2.75) is 104 Å². The summed E-state index contributed by atoms with van der Waals surface area (Å²) in [5.74, 6) is 0. The maximum atomic E-state index is 13.8. The van der Waals surface area contributed by atoms with Gasteiger partial charge in [-0.05, 0) is 76.6 Å². The highest BCUT2D eigenvalue weighted by molar-refractivity contribution is 7.65. The molecule has 0 N–H and O–H groups in total. The first-order valence-corrected chi connectivity index (χ1v) is 25.9. The van der Waals surface area contributed by atoms with Crippen LogP contribution in [0.25, 0.3) is 0 Å². The fraction of sp³-hybridized carbons (Fsp3) is 1.00. The summed E-state index contributed by atoms with van der Waals surface area (Å²) in [6.07, 6.45) is 0. The SMILES string of the molecule is CC[Si](C)(C)OP(=O)(O[Si](C)(C)CC)OP(=O)(O[Si](C)(C)CC)O[Si](C)(C)CC. The maximum Gasteiger partial charge on any atom is 0.464 e. The first kappa shape index (κ1) is 30.1. The van der Waals surface area contributed by atoms with E-state index in [4.69, 9.17) is 21.2 Å². The smallest absolute Gasteiger partial charge is 0.330 e. The largest absolute Gasteiger partial charge is 0.464 e. The molecule has 0 saturated heterocycles. The van der Waals surface area contributed by atoms with Gasteiger partial charge in [-0.15, -0.1) is 0 Å². The molecular formula is C16H44O7P2Si4. The van der Waals surface area contributed by atoms with Crippen LogP contribution < -0.4 is 0 Å².